The quantitative estimate of drug-likeness (QED) is 0.750. The zero-order chi connectivity index (χ0) is 21.7. The number of hydrogen-bond donors (Lipinski definition) is 1. The molecule has 5 nitrogen and oxygen atoms in total. The minimum Gasteiger partial charge on any atom is -0.386 e. The molecule has 1 aliphatic heterocycles. The molecule has 156 valence electrons. The second-order valence-corrected chi connectivity index (χ2v) is 10.0. The van der Waals surface area contributed by atoms with Gasteiger partial charge in [-0.2, -0.15) is 13.2 Å². The van der Waals surface area contributed by atoms with Gasteiger partial charge in [-0.05, 0) is 38.5 Å². The Morgan fingerprint density at radius 2 is 1.79 bits per heavy atom. The van der Waals surface area contributed by atoms with Gasteiger partial charge < -0.3 is 5.73 Å². The average Bonchev–Trinajstić information content (AvgIpc) is 2.46. The molecular weight excluding hydrogens is 407 g/mol. The highest BCUT2D eigenvalue weighted by Gasteiger charge is 2.49. The van der Waals surface area contributed by atoms with Gasteiger partial charge in [0.2, 0.25) is 0 Å². The molecule has 0 unspecified atom stereocenters. The molecule has 28 heavy (non-hydrogen) atoms. The summed E-state index contributed by atoms with van der Waals surface area (Å²) in [5, 5.41) is 0. The molecule has 0 saturated carbocycles. The van der Waals surface area contributed by atoms with Crippen molar-refractivity contribution in [1.29, 1.82) is 0 Å². The van der Waals surface area contributed by atoms with Crippen LogP contribution in [0.2, 0.25) is 0 Å². The third kappa shape index (κ3) is 4.18. The molecule has 0 aromatic heterocycles. The number of benzene rings is 1. The zero-order valence-electron chi connectivity index (χ0n) is 15.3. The first-order valence-electron chi connectivity index (χ1n) is 8.13. The van der Waals surface area contributed by atoms with Crippen LogP contribution in [0.1, 0.15) is 38.3 Å². The highest BCUT2D eigenvalue weighted by molar-refractivity contribution is 7.93. The molecule has 1 aliphatic rings. The number of ketones is 1. The van der Waals surface area contributed by atoms with Gasteiger partial charge in [-0.3, -0.25) is 9.79 Å². The van der Waals surface area contributed by atoms with Crippen molar-refractivity contribution in [1.82, 2.24) is 0 Å². The summed E-state index contributed by atoms with van der Waals surface area (Å²) in [7, 11) is -3.92. The van der Waals surface area contributed by atoms with Crippen LogP contribution in [-0.2, 0) is 26.6 Å². The van der Waals surface area contributed by atoms with E-state index in [4.69, 9.17) is 5.73 Å². The van der Waals surface area contributed by atoms with E-state index in [0.29, 0.717) is 6.07 Å². The predicted molar refractivity (Wildman–Crippen MR) is 92.6 cm³/mol. The Labute approximate surface area is 158 Å². The number of amidine groups is 1. The van der Waals surface area contributed by atoms with Crippen LogP contribution < -0.4 is 5.73 Å². The molecule has 11 heteroatoms. The molecule has 1 aromatic rings. The molecule has 1 atom stereocenters. The number of halogens is 5. The number of nitrogens with zero attached hydrogens (tertiary/aromatic N) is 1. The van der Waals surface area contributed by atoms with Gasteiger partial charge in [0, 0.05) is 12.0 Å². The Balaban J connectivity index is 2.53. The lowest BCUT2D eigenvalue weighted by molar-refractivity contribution is -0.151. The predicted octanol–water partition coefficient (Wildman–Crippen LogP) is 2.81. The smallest absolute Gasteiger partial charge is 0.386 e. The van der Waals surface area contributed by atoms with Crippen molar-refractivity contribution in [3.8, 4) is 0 Å². The fourth-order valence-electron chi connectivity index (χ4n) is 2.93. The van der Waals surface area contributed by atoms with Gasteiger partial charge >= 0.3 is 6.18 Å². The van der Waals surface area contributed by atoms with E-state index in [1.165, 1.54) is 20.8 Å². The molecule has 0 spiro atoms. The van der Waals surface area contributed by atoms with Crippen LogP contribution in [0.4, 0.5) is 22.0 Å². The Bertz CT molecular complexity index is 954. The SMILES string of the molecule is CC1(C)C(N)=N[C@](C)(c2cc(CC(=O)CC(F)(F)F)cc(F)c2F)CS1(=O)=O. The Morgan fingerprint density at radius 3 is 2.29 bits per heavy atom. The number of nitrogens with two attached hydrogens (primary N) is 1. The van der Waals surface area contributed by atoms with Crippen molar-refractivity contribution in [3.05, 3.63) is 34.9 Å². The number of carbonyl (C=O) groups is 1. The standard InChI is InChI=1S/C17H19F5N2O3S/c1-15(2)14(23)24-16(3,8-28(15,26)27)11-5-9(6-12(18)13(11)19)4-10(25)7-17(20,21)22/h5-6H,4,7-8H2,1-3H3,(H2,23,24)/t16-/m0/s1. The lowest BCUT2D eigenvalue weighted by Crippen LogP contribution is -2.55. The number of hydrogen-bond acceptors (Lipinski definition) is 5. The summed E-state index contributed by atoms with van der Waals surface area (Å²) < 4.78 is 89.1. The van der Waals surface area contributed by atoms with Crippen LogP contribution in [0.3, 0.4) is 0 Å². The molecule has 1 heterocycles. The van der Waals surface area contributed by atoms with E-state index in [9.17, 15) is 35.2 Å². The molecular formula is C17H19F5N2O3S. The van der Waals surface area contributed by atoms with E-state index in [-0.39, 0.29) is 11.4 Å². The molecule has 2 N–H and O–H groups in total. The maximum absolute atomic E-state index is 14.4. The summed E-state index contributed by atoms with van der Waals surface area (Å²) in [6.45, 7) is 3.87. The summed E-state index contributed by atoms with van der Waals surface area (Å²) in [6, 6.07) is 1.56. The van der Waals surface area contributed by atoms with E-state index < -0.39 is 67.9 Å². The van der Waals surface area contributed by atoms with Gasteiger partial charge in [-0.15, -0.1) is 0 Å². The second-order valence-electron chi connectivity index (χ2n) is 7.49. The van der Waals surface area contributed by atoms with Crippen LogP contribution in [0, 0.1) is 11.6 Å². The summed E-state index contributed by atoms with van der Waals surface area (Å²) in [6.07, 6.45) is -7.24. The van der Waals surface area contributed by atoms with Crippen molar-refractivity contribution >= 4 is 21.5 Å². The average molecular weight is 426 g/mol. The second kappa shape index (κ2) is 6.78. The Morgan fingerprint density at radius 1 is 1.21 bits per heavy atom. The number of aliphatic imine (C=N–C) groups is 1. The fourth-order valence-corrected chi connectivity index (χ4v) is 4.62. The number of sulfone groups is 1. The number of Topliss-reactive ketones (excluding diaryl/α,β-unsaturated/α-hetero) is 1. The van der Waals surface area contributed by atoms with Crippen molar-refractivity contribution in [2.75, 3.05) is 5.75 Å². The minimum absolute atomic E-state index is 0.222. The van der Waals surface area contributed by atoms with Gasteiger partial charge in [0.25, 0.3) is 0 Å². The van der Waals surface area contributed by atoms with Crippen LogP contribution in [0.5, 0.6) is 0 Å². The minimum atomic E-state index is -4.73. The largest absolute Gasteiger partial charge is 0.395 e. The molecule has 0 amide bonds. The van der Waals surface area contributed by atoms with Crippen LogP contribution in [-0.4, -0.2) is 36.7 Å². The highest BCUT2D eigenvalue weighted by atomic mass is 32.2. The van der Waals surface area contributed by atoms with Gasteiger partial charge in [-0.25, -0.2) is 17.2 Å². The van der Waals surface area contributed by atoms with E-state index in [2.05, 4.69) is 4.99 Å². The molecule has 0 fully saturated rings. The number of alkyl halides is 3. The first-order chi connectivity index (χ1) is 12.5. The van der Waals surface area contributed by atoms with Crippen molar-refractivity contribution in [2.45, 2.75) is 50.1 Å². The van der Waals surface area contributed by atoms with E-state index in [1.807, 2.05) is 0 Å². The first-order valence-corrected chi connectivity index (χ1v) is 9.79. The van der Waals surface area contributed by atoms with Crippen LogP contribution in [0.25, 0.3) is 0 Å². The highest BCUT2D eigenvalue weighted by Crippen LogP contribution is 2.38. The monoisotopic (exact) mass is 426 g/mol. The Hall–Kier alpha value is -2.04. The number of rotatable bonds is 4. The summed E-state index contributed by atoms with van der Waals surface area (Å²) in [5.74, 6) is -5.07. The molecule has 0 bridgehead atoms. The normalized spacial score (nSPS) is 23.9. The van der Waals surface area contributed by atoms with Crippen molar-refractivity contribution in [2.24, 2.45) is 10.7 Å². The van der Waals surface area contributed by atoms with E-state index >= 15 is 0 Å². The van der Waals surface area contributed by atoms with Gasteiger partial charge in [0.05, 0.1) is 5.75 Å². The maximum atomic E-state index is 14.4. The van der Waals surface area contributed by atoms with Crippen molar-refractivity contribution in [3.63, 3.8) is 0 Å². The van der Waals surface area contributed by atoms with Crippen LogP contribution >= 0.6 is 0 Å². The van der Waals surface area contributed by atoms with Gasteiger partial charge in [0.1, 0.15) is 28.3 Å². The summed E-state index contributed by atoms with van der Waals surface area (Å²) in [5.41, 5.74) is 3.24. The van der Waals surface area contributed by atoms with Gasteiger partial charge in [0.15, 0.2) is 21.5 Å². The maximum Gasteiger partial charge on any atom is 0.395 e. The molecule has 0 aliphatic carbocycles. The topological polar surface area (TPSA) is 89.6 Å². The van der Waals surface area contributed by atoms with Crippen LogP contribution in [0.15, 0.2) is 17.1 Å². The molecule has 0 saturated heterocycles. The Kier molecular flexibility index (Phi) is 5.39. The number of carbonyl (C=O) groups excluding carboxylic acids is 1. The zero-order valence-corrected chi connectivity index (χ0v) is 16.1. The third-order valence-electron chi connectivity index (χ3n) is 4.70. The van der Waals surface area contributed by atoms with E-state index in [0.717, 1.165) is 6.07 Å². The van der Waals surface area contributed by atoms with Gasteiger partial charge in [-0.1, -0.05) is 0 Å². The third-order valence-corrected chi connectivity index (χ3v) is 7.41. The fraction of sp³-hybridized carbons (Fsp3) is 0.529. The first kappa shape index (κ1) is 22.3. The molecule has 1 aromatic carbocycles. The summed E-state index contributed by atoms with van der Waals surface area (Å²) >= 11 is 0. The molecule has 0 radical (unpaired) electrons. The molecule has 2 rings (SSSR count). The van der Waals surface area contributed by atoms with Crippen molar-refractivity contribution < 1.29 is 35.2 Å². The van der Waals surface area contributed by atoms with E-state index in [1.54, 1.807) is 0 Å². The summed E-state index contributed by atoms with van der Waals surface area (Å²) in [4.78, 5) is 15.6. The lowest BCUT2D eigenvalue weighted by Gasteiger charge is -2.38. The lowest BCUT2D eigenvalue weighted by atomic mass is 9.90.